The van der Waals surface area contributed by atoms with Gasteiger partial charge in [0.05, 0.1) is 11.7 Å². The predicted octanol–water partition coefficient (Wildman–Crippen LogP) is 1.41. The molecule has 106 valence electrons. The van der Waals surface area contributed by atoms with Gasteiger partial charge in [-0.3, -0.25) is 0 Å². The van der Waals surface area contributed by atoms with Crippen LogP contribution in [0.2, 0.25) is 0 Å². The number of aliphatic hydroxyl groups excluding tert-OH is 1. The zero-order valence-electron chi connectivity index (χ0n) is 11.8. The van der Waals surface area contributed by atoms with E-state index in [-0.39, 0.29) is 29.8 Å². The SMILES string of the molecule is CC1(C)C[C@H]2[C@H](O)C3=C(C[C@@](C)(O)[C@H]2C1)C(=O)OC3. The van der Waals surface area contributed by atoms with Crippen molar-refractivity contribution in [3.63, 3.8) is 0 Å². The highest BCUT2D eigenvalue weighted by atomic mass is 16.5. The number of rotatable bonds is 0. The van der Waals surface area contributed by atoms with E-state index in [0.717, 1.165) is 12.8 Å². The monoisotopic (exact) mass is 266 g/mol. The number of aliphatic hydroxyl groups is 2. The normalized spacial score (nSPS) is 44.7. The average Bonchev–Trinajstić information content (AvgIpc) is 2.78. The van der Waals surface area contributed by atoms with Gasteiger partial charge in [-0.2, -0.15) is 0 Å². The quantitative estimate of drug-likeness (QED) is 0.651. The Kier molecular flexibility index (Phi) is 2.64. The first kappa shape index (κ1) is 13.1. The molecule has 2 N–H and O–H groups in total. The van der Waals surface area contributed by atoms with Crippen molar-refractivity contribution in [3.05, 3.63) is 11.1 Å². The molecule has 0 amide bonds. The van der Waals surface area contributed by atoms with Crippen LogP contribution in [0.15, 0.2) is 11.1 Å². The number of cyclic esters (lactones) is 1. The fraction of sp³-hybridized carbons (Fsp3) is 0.800. The second-order valence-electron chi connectivity index (χ2n) is 7.40. The summed E-state index contributed by atoms with van der Waals surface area (Å²) >= 11 is 0. The van der Waals surface area contributed by atoms with Crippen LogP contribution in [0.1, 0.15) is 40.0 Å². The third-order valence-electron chi connectivity index (χ3n) is 5.17. The molecule has 0 bridgehead atoms. The van der Waals surface area contributed by atoms with E-state index in [0.29, 0.717) is 17.6 Å². The van der Waals surface area contributed by atoms with Gasteiger partial charge in [0.2, 0.25) is 0 Å². The first-order valence-electron chi connectivity index (χ1n) is 7.01. The molecule has 1 saturated carbocycles. The lowest BCUT2D eigenvalue weighted by atomic mass is 9.78. The molecule has 3 rings (SSSR count). The van der Waals surface area contributed by atoms with Crippen molar-refractivity contribution in [2.24, 2.45) is 17.3 Å². The van der Waals surface area contributed by atoms with E-state index in [9.17, 15) is 15.0 Å². The minimum atomic E-state index is -0.945. The molecule has 1 heterocycles. The molecule has 0 aromatic rings. The molecule has 3 aliphatic rings. The van der Waals surface area contributed by atoms with Crippen molar-refractivity contribution in [2.45, 2.75) is 51.7 Å². The predicted molar refractivity (Wildman–Crippen MR) is 69.2 cm³/mol. The number of hydrogen-bond donors (Lipinski definition) is 2. The molecule has 1 fully saturated rings. The van der Waals surface area contributed by atoms with E-state index in [2.05, 4.69) is 13.8 Å². The molecular weight excluding hydrogens is 244 g/mol. The van der Waals surface area contributed by atoms with Crippen LogP contribution in [-0.2, 0) is 9.53 Å². The van der Waals surface area contributed by atoms with Crippen LogP contribution in [0.5, 0.6) is 0 Å². The van der Waals surface area contributed by atoms with Gasteiger partial charge in [0.15, 0.2) is 0 Å². The molecule has 0 spiro atoms. The van der Waals surface area contributed by atoms with Crippen molar-refractivity contribution >= 4 is 5.97 Å². The van der Waals surface area contributed by atoms with Crippen LogP contribution < -0.4 is 0 Å². The minimum absolute atomic E-state index is 0.0204. The summed E-state index contributed by atoms with van der Waals surface area (Å²) in [6.07, 6.45) is 1.41. The Hall–Kier alpha value is -0.870. The molecule has 0 saturated heterocycles. The second kappa shape index (κ2) is 3.83. The summed E-state index contributed by atoms with van der Waals surface area (Å²) in [5.41, 5.74) is 0.391. The van der Waals surface area contributed by atoms with E-state index in [1.54, 1.807) is 6.92 Å². The largest absolute Gasteiger partial charge is 0.458 e. The lowest BCUT2D eigenvalue weighted by Gasteiger charge is -2.34. The third-order valence-corrected chi connectivity index (χ3v) is 5.17. The van der Waals surface area contributed by atoms with Gasteiger partial charge in [-0.1, -0.05) is 13.8 Å². The molecule has 2 aliphatic carbocycles. The number of esters is 1. The summed E-state index contributed by atoms with van der Waals surface area (Å²) in [6.45, 7) is 6.33. The summed E-state index contributed by atoms with van der Waals surface area (Å²) in [5, 5.41) is 21.4. The molecule has 0 radical (unpaired) electrons. The maximum atomic E-state index is 11.7. The van der Waals surface area contributed by atoms with Crippen molar-refractivity contribution in [2.75, 3.05) is 6.61 Å². The Morgan fingerprint density at radius 2 is 1.95 bits per heavy atom. The topological polar surface area (TPSA) is 66.8 Å². The van der Waals surface area contributed by atoms with Crippen LogP contribution in [0, 0.1) is 17.3 Å². The van der Waals surface area contributed by atoms with E-state index in [4.69, 9.17) is 4.74 Å². The number of fused-ring (bicyclic) bond motifs is 1. The Morgan fingerprint density at radius 3 is 2.63 bits per heavy atom. The molecule has 0 aromatic carbocycles. The molecule has 4 heteroatoms. The highest BCUT2D eigenvalue weighted by molar-refractivity contribution is 5.92. The fourth-order valence-electron chi connectivity index (χ4n) is 4.27. The minimum Gasteiger partial charge on any atom is -0.458 e. The molecular formula is C15H22O4. The lowest BCUT2D eigenvalue weighted by Crippen LogP contribution is -2.39. The molecule has 1 aliphatic heterocycles. The Bertz CT molecular complexity index is 461. The zero-order chi connectivity index (χ0) is 14.0. The van der Waals surface area contributed by atoms with E-state index in [1.165, 1.54) is 0 Å². The average molecular weight is 266 g/mol. The summed E-state index contributed by atoms with van der Waals surface area (Å²) in [7, 11) is 0. The summed E-state index contributed by atoms with van der Waals surface area (Å²) in [5.74, 6) is -0.309. The molecule has 4 atom stereocenters. The third kappa shape index (κ3) is 1.93. The van der Waals surface area contributed by atoms with Crippen molar-refractivity contribution in [1.29, 1.82) is 0 Å². The zero-order valence-corrected chi connectivity index (χ0v) is 11.8. The van der Waals surface area contributed by atoms with Crippen molar-refractivity contribution < 1.29 is 19.7 Å². The number of carbonyl (C=O) groups is 1. The van der Waals surface area contributed by atoms with Crippen LogP contribution >= 0.6 is 0 Å². The standard InChI is InChI=1S/C15H22O4/c1-14(2)4-9-11(6-14)15(3,18)5-8-10(12(9)16)7-19-13(8)17/h9,11-12,16,18H,4-7H2,1-3H3/t9-,11+,12+,15-/m1/s1. The highest BCUT2D eigenvalue weighted by Gasteiger charge is 2.54. The van der Waals surface area contributed by atoms with E-state index >= 15 is 0 Å². The van der Waals surface area contributed by atoms with Gasteiger partial charge < -0.3 is 14.9 Å². The molecule has 0 unspecified atom stereocenters. The van der Waals surface area contributed by atoms with Gasteiger partial charge in [0.25, 0.3) is 0 Å². The fourth-order valence-corrected chi connectivity index (χ4v) is 4.27. The molecule has 0 aromatic heterocycles. The Morgan fingerprint density at radius 1 is 1.26 bits per heavy atom. The summed E-state index contributed by atoms with van der Waals surface area (Å²) in [6, 6.07) is 0. The van der Waals surface area contributed by atoms with E-state index in [1.807, 2.05) is 0 Å². The number of ether oxygens (including phenoxy) is 1. The van der Waals surface area contributed by atoms with Gasteiger partial charge in [-0.25, -0.2) is 4.79 Å². The van der Waals surface area contributed by atoms with Crippen LogP contribution in [0.4, 0.5) is 0 Å². The first-order chi connectivity index (χ1) is 8.71. The first-order valence-corrected chi connectivity index (χ1v) is 7.01. The highest BCUT2D eigenvalue weighted by Crippen LogP contribution is 2.55. The Balaban J connectivity index is 2.04. The van der Waals surface area contributed by atoms with Gasteiger partial charge in [-0.05, 0) is 37.0 Å². The van der Waals surface area contributed by atoms with Crippen molar-refractivity contribution in [3.8, 4) is 0 Å². The molecule has 19 heavy (non-hydrogen) atoms. The van der Waals surface area contributed by atoms with Gasteiger partial charge in [-0.15, -0.1) is 0 Å². The summed E-state index contributed by atoms with van der Waals surface area (Å²) < 4.78 is 5.04. The van der Waals surface area contributed by atoms with Gasteiger partial charge in [0, 0.05) is 17.6 Å². The smallest absolute Gasteiger partial charge is 0.334 e. The number of carbonyl (C=O) groups excluding carboxylic acids is 1. The van der Waals surface area contributed by atoms with Crippen LogP contribution in [0.25, 0.3) is 0 Å². The number of hydrogen-bond acceptors (Lipinski definition) is 4. The van der Waals surface area contributed by atoms with Crippen LogP contribution in [0.3, 0.4) is 0 Å². The second-order valence-corrected chi connectivity index (χ2v) is 7.40. The maximum Gasteiger partial charge on any atom is 0.334 e. The molecule has 4 nitrogen and oxygen atoms in total. The van der Waals surface area contributed by atoms with Crippen LogP contribution in [-0.4, -0.2) is 34.5 Å². The van der Waals surface area contributed by atoms with Crippen molar-refractivity contribution in [1.82, 2.24) is 0 Å². The maximum absolute atomic E-state index is 11.7. The summed E-state index contributed by atoms with van der Waals surface area (Å²) in [4.78, 5) is 11.7. The lowest BCUT2D eigenvalue weighted by molar-refractivity contribution is -0.137. The van der Waals surface area contributed by atoms with Gasteiger partial charge >= 0.3 is 5.97 Å². The van der Waals surface area contributed by atoms with Gasteiger partial charge in [0.1, 0.15) is 6.61 Å². The van der Waals surface area contributed by atoms with E-state index < -0.39 is 11.7 Å². The Labute approximate surface area is 113 Å².